The molecule has 0 spiro atoms. The number of aliphatic hydroxyl groups excluding tert-OH is 1. The smallest absolute Gasteiger partial charge is 1.00 e. The molecule has 0 aromatic heterocycles. The number of hydrogen-bond acceptors (Lipinski definition) is 1. The maximum atomic E-state index is 7.00. The third-order valence-corrected chi connectivity index (χ3v) is 0. The van der Waals surface area contributed by atoms with Crippen LogP contribution in [0.2, 0.25) is 0 Å². The Labute approximate surface area is 73.6 Å². The number of halogens is 2. The van der Waals surface area contributed by atoms with Crippen molar-refractivity contribution in [3.05, 3.63) is 0 Å². The van der Waals surface area contributed by atoms with Gasteiger partial charge < -0.3 is 17.5 Å². The van der Waals surface area contributed by atoms with Gasteiger partial charge in [0.1, 0.15) is 0 Å². The van der Waals surface area contributed by atoms with Crippen molar-refractivity contribution in [1.29, 1.82) is 0 Å². The van der Waals surface area contributed by atoms with Crippen molar-refractivity contribution in [3.63, 3.8) is 0 Å². The van der Waals surface area contributed by atoms with Crippen molar-refractivity contribution in [3.8, 4) is 0 Å². The first-order chi connectivity index (χ1) is 1.00. The van der Waals surface area contributed by atoms with Crippen molar-refractivity contribution in [2.24, 2.45) is 0 Å². The van der Waals surface area contributed by atoms with Crippen LogP contribution in [0.25, 0.3) is 0 Å². The maximum Gasteiger partial charge on any atom is 1.00 e. The molecule has 0 aliphatic rings. The second-order valence-corrected chi connectivity index (χ2v) is 0. The summed E-state index contributed by atoms with van der Waals surface area (Å²) in [6.45, 7) is 0. The molecular formula is C2H9Cl2NaO. The number of hydrogen-bond donors (Lipinski definition) is 1. The largest absolute Gasteiger partial charge is 1.00 e. The van der Waals surface area contributed by atoms with Crippen LogP contribution in [0.4, 0.5) is 0 Å². The molecular weight excluding hydrogens is 134 g/mol. The molecule has 0 aromatic carbocycles. The summed E-state index contributed by atoms with van der Waals surface area (Å²) in [5.74, 6) is 0. The Kier molecular flexibility index (Phi) is 705. The average molecular weight is 143 g/mol. The summed E-state index contributed by atoms with van der Waals surface area (Å²) in [7, 11) is 1.00. The minimum Gasteiger partial charge on any atom is -1.00 e. The first kappa shape index (κ1) is 50.0. The van der Waals surface area contributed by atoms with Crippen molar-refractivity contribution < 1.29 is 47.1 Å². The van der Waals surface area contributed by atoms with E-state index in [1.54, 1.807) is 0 Å². The Morgan fingerprint density at radius 1 is 1.17 bits per heavy atom. The first-order valence-corrected chi connectivity index (χ1v) is 0.447. The van der Waals surface area contributed by atoms with Gasteiger partial charge in [-0.1, -0.05) is 7.43 Å². The molecule has 0 bridgehead atoms. The van der Waals surface area contributed by atoms with Crippen LogP contribution in [-0.2, 0) is 0 Å². The average Bonchev–Trinajstić information content (AvgIpc) is 1.00. The molecule has 0 aliphatic carbocycles. The van der Waals surface area contributed by atoms with Gasteiger partial charge in [0.25, 0.3) is 0 Å². The monoisotopic (exact) mass is 142 g/mol. The molecule has 0 heterocycles. The van der Waals surface area contributed by atoms with Crippen LogP contribution in [0.3, 0.4) is 0 Å². The maximum absolute atomic E-state index is 7.00. The molecule has 1 N–H and O–H groups in total. The third kappa shape index (κ3) is 48.1. The van der Waals surface area contributed by atoms with E-state index in [4.69, 9.17) is 5.11 Å². The van der Waals surface area contributed by atoms with Gasteiger partial charge in [-0.25, -0.2) is 0 Å². The molecule has 0 radical (unpaired) electrons. The molecule has 0 unspecified atom stereocenters. The van der Waals surface area contributed by atoms with E-state index >= 15 is 0 Å². The Morgan fingerprint density at radius 3 is 1.17 bits per heavy atom. The van der Waals surface area contributed by atoms with E-state index in [2.05, 4.69) is 0 Å². The van der Waals surface area contributed by atoms with Crippen LogP contribution in [-0.4, -0.2) is 12.2 Å². The fraction of sp³-hybridized carbons (Fsp3) is 1.00. The van der Waals surface area contributed by atoms with Crippen LogP contribution >= 0.6 is 12.4 Å². The summed E-state index contributed by atoms with van der Waals surface area (Å²) in [4.78, 5) is 0. The molecule has 0 rings (SSSR count). The number of rotatable bonds is 0. The Morgan fingerprint density at radius 2 is 1.17 bits per heavy atom. The van der Waals surface area contributed by atoms with Crippen molar-refractivity contribution >= 4 is 12.4 Å². The van der Waals surface area contributed by atoms with Gasteiger partial charge in [-0.15, -0.1) is 12.4 Å². The molecule has 0 amide bonds. The zero-order valence-electron chi connectivity index (χ0n) is 3.23. The van der Waals surface area contributed by atoms with Gasteiger partial charge in [0.05, 0.1) is 0 Å². The zero-order valence-corrected chi connectivity index (χ0v) is 6.81. The van der Waals surface area contributed by atoms with E-state index in [0.717, 1.165) is 7.11 Å². The second kappa shape index (κ2) is 84.6. The molecule has 0 saturated carbocycles. The molecule has 0 atom stereocenters. The second-order valence-electron chi connectivity index (χ2n) is 0. The van der Waals surface area contributed by atoms with Crippen LogP contribution in [0.5, 0.6) is 0 Å². The predicted octanol–water partition coefficient (Wildman–Crippen LogP) is -5.33. The van der Waals surface area contributed by atoms with Crippen LogP contribution in [0.15, 0.2) is 0 Å². The normalized spacial score (nSPS) is 1.00. The minimum absolute atomic E-state index is 0. The molecule has 0 saturated heterocycles. The molecule has 38 valence electrons. The Bertz CT molecular complexity index is 11.5. The summed E-state index contributed by atoms with van der Waals surface area (Å²) in [5, 5.41) is 7.00. The topological polar surface area (TPSA) is 20.2 Å². The van der Waals surface area contributed by atoms with Gasteiger partial charge >= 0.3 is 29.6 Å². The van der Waals surface area contributed by atoms with Crippen LogP contribution in [0, 0.1) is 0 Å². The Hall–Kier alpha value is 1.54. The van der Waals surface area contributed by atoms with E-state index in [9.17, 15) is 0 Å². The van der Waals surface area contributed by atoms with E-state index in [1.807, 2.05) is 0 Å². The molecule has 0 aliphatic heterocycles. The zero-order chi connectivity index (χ0) is 2.00. The summed E-state index contributed by atoms with van der Waals surface area (Å²) < 4.78 is 0. The quantitative estimate of drug-likeness (QED) is 0.336. The van der Waals surface area contributed by atoms with Crippen molar-refractivity contribution in [2.75, 3.05) is 7.11 Å². The van der Waals surface area contributed by atoms with Gasteiger partial charge in [0.2, 0.25) is 0 Å². The van der Waals surface area contributed by atoms with Gasteiger partial charge in [0, 0.05) is 7.11 Å². The fourth-order valence-corrected chi connectivity index (χ4v) is 0. The predicted molar refractivity (Wildman–Crippen MR) is 22.1 cm³/mol. The summed E-state index contributed by atoms with van der Waals surface area (Å²) in [5.41, 5.74) is 0. The minimum atomic E-state index is 0. The van der Waals surface area contributed by atoms with Crippen LogP contribution < -0.4 is 42.0 Å². The van der Waals surface area contributed by atoms with Crippen molar-refractivity contribution in [2.45, 2.75) is 7.43 Å². The third-order valence-electron chi connectivity index (χ3n) is 0. The van der Waals surface area contributed by atoms with Gasteiger partial charge in [0.15, 0.2) is 0 Å². The standard InChI is InChI=1S/CH4O.CH4.2ClH.Na/c1-2;;;;/h2H,1H3;1H4;2*1H;/q;;;;+1/p-1. The van der Waals surface area contributed by atoms with E-state index in [1.165, 1.54) is 0 Å². The molecule has 4 heteroatoms. The van der Waals surface area contributed by atoms with E-state index in [-0.39, 0.29) is 61.8 Å². The summed E-state index contributed by atoms with van der Waals surface area (Å²) in [6, 6.07) is 0. The van der Waals surface area contributed by atoms with Gasteiger partial charge in [-0.05, 0) is 0 Å². The first-order valence-electron chi connectivity index (χ1n) is 0.447. The molecule has 6 heavy (non-hydrogen) atoms. The summed E-state index contributed by atoms with van der Waals surface area (Å²) >= 11 is 0. The number of aliphatic hydroxyl groups is 1. The van der Waals surface area contributed by atoms with Gasteiger partial charge in [-0.3, -0.25) is 0 Å². The van der Waals surface area contributed by atoms with E-state index in [0.29, 0.717) is 0 Å². The summed E-state index contributed by atoms with van der Waals surface area (Å²) in [6.07, 6.45) is 0. The van der Waals surface area contributed by atoms with E-state index < -0.39 is 0 Å². The Balaban J connectivity index is -0.000000000833. The molecule has 0 aromatic rings. The van der Waals surface area contributed by atoms with Gasteiger partial charge in [-0.2, -0.15) is 0 Å². The SMILES string of the molecule is C.CO.Cl.[Cl-].[Na+]. The van der Waals surface area contributed by atoms with Crippen LogP contribution in [0.1, 0.15) is 7.43 Å². The fourth-order valence-electron chi connectivity index (χ4n) is 0. The molecule has 1 nitrogen and oxygen atoms in total. The molecule has 0 fully saturated rings. The van der Waals surface area contributed by atoms with Crippen molar-refractivity contribution in [1.82, 2.24) is 0 Å².